The molecule has 0 fully saturated rings. The molecule has 2 heterocycles. The molecule has 3 rings (SSSR count). The second-order valence-corrected chi connectivity index (χ2v) is 3.22. The van der Waals surface area contributed by atoms with Gasteiger partial charge in [0.05, 0.1) is 11.0 Å². The molecule has 0 bridgehead atoms. The summed E-state index contributed by atoms with van der Waals surface area (Å²) in [7, 11) is 0. The van der Waals surface area contributed by atoms with Gasteiger partial charge in [0.2, 0.25) is 0 Å². The first-order valence-corrected chi connectivity index (χ1v) is 4.53. The van der Waals surface area contributed by atoms with Gasteiger partial charge in [-0.25, -0.2) is 0 Å². The van der Waals surface area contributed by atoms with Crippen molar-refractivity contribution in [1.29, 1.82) is 0 Å². The van der Waals surface area contributed by atoms with Crippen LogP contribution in [0, 0.1) is 37.3 Å². The van der Waals surface area contributed by atoms with Crippen molar-refractivity contribution in [3.05, 3.63) is 48.8 Å². The van der Waals surface area contributed by atoms with Gasteiger partial charge < -0.3 is 0 Å². The molecule has 0 aliphatic rings. The van der Waals surface area contributed by atoms with Gasteiger partial charge in [-0.2, -0.15) is 0 Å². The third-order valence-electron chi connectivity index (χ3n) is 2.34. The van der Waals surface area contributed by atoms with Gasteiger partial charge in [-0.05, 0) is 12.1 Å². The van der Waals surface area contributed by atoms with Crippen molar-refractivity contribution in [3.63, 3.8) is 0 Å². The van der Waals surface area contributed by atoms with Crippen molar-refractivity contribution in [2.75, 3.05) is 0 Å². The second-order valence-electron chi connectivity index (χ2n) is 3.22. The third kappa shape index (κ3) is 1.85. The molecule has 3 aromatic rings. The van der Waals surface area contributed by atoms with E-state index in [-0.39, 0.29) is 37.3 Å². The first-order chi connectivity index (χ1) is 6.95. The van der Waals surface area contributed by atoms with Crippen molar-refractivity contribution in [3.8, 4) is 0 Å². The Labute approximate surface area is 117 Å². The Morgan fingerprint density at radius 1 is 0.667 bits per heavy atom. The topological polar surface area (TPSA) is 25.8 Å². The number of nitrogens with zero attached hydrogens (tertiary/aromatic N) is 2. The van der Waals surface area contributed by atoms with Crippen LogP contribution in [0.15, 0.2) is 48.8 Å². The predicted molar refractivity (Wildman–Crippen MR) is 57.0 cm³/mol. The van der Waals surface area contributed by atoms with E-state index in [1.807, 2.05) is 12.1 Å². The van der Waals surface area contributed by atoms with Gasteiger partial charge in [0, 0.05) is 23.2 Å². The quantitative estimate of drug-likeness (QED) is 0.585. The van der Waals surface area contributed by atoms with E-state index in [2.05, 4.69) is 34.2 Å². The molecule has 0 unspecified atom stereocenters. The summed E-state index contributed by atoms with van der Waals surface area (Å²) in [6, 6.07) is 12.1. The number of hydrogen-bond acceptors (Lipinski definition) is 2. The fraction of sp³-hybridized carbons (Fsp3) is 0. The predicted octanol–water partition coefficient (Wildman–Crippen LogP) is 2.78. The van der Waals surface area contributed by atoms with E-state index in [4.69, 9.17) is 0 Å². The van der Waals surface area contributed by atoms with Crippen LogP contribution >= 0.6 is 0 Å². The van der Waals surface area contributed by atoms with Gasteiger partial charge in [-0.15, -0.1) is 0 Å². The molecule has 15 heavy (non-hydrogen) atoms. The van der Waals surface area contributed by atoms with E-state index in [9.17, 15) is 0 Å². The Morgan fingerprint density at radius 3 is 1.60 bits per heavy atom. The number of pyridine rings is 2. The summed E-state index contributed by atoms with van der Waals surface area (Å²) in [6.07, 6.45) is 3.60. The van der Waals surface area contributed by atoms with E-state index in [1.54, 1.807) is 12.4 Å². The maximum atomic E-state index is 4.35. The number of hydrogen-bond donors (Lipinski definition) is 0. The first-order valence-electron chi connectivity index (χ1n) is 4.53. The molecule has 0 spiro atoms. The van der Waals surface area contributed by atoms with Crippen LogP contribution in [0.25, 0.3) is 21.8 Å². The zero-order valence-corrected chi connectivity index (χ0v) is 9.65. The summed E-state index contributed by atoms with van der Waals surface area (Å²) in [5, 5.41) is 2.28. The number of rotatable bonds is 0. The molecule has 2 aromatic heterocycles. The van der Waals surface area contributed by atoms with E-state index in [0.717, 1.165) is 21.8 Å². The molecule has 0 saturated heterocycles. The third-order valence-corrected chi connectivity index (χ3v) is 2.34. The Bertz CT molecular complexity index is 553. The average Bonchev–Trinajstić information content (AvgIpc) is 2.29. The molecular weight excluding hydrogens is 339 g/mol. The van der Waals surface area contributed by atoms with E-state index >= 15 is 0 Å². The number of fused-ring (bicyclic) bond motifs is 3. The normalized spacial score (nSPS) is 10.1. The molecule has 0 aliphatic heterocycles. The molecule has 0 atom stereocenters. The van der Waals surface area contributed by atoms with Crippen LogP contribution in [0.4, 0.5) is 0 Å². The summed E-state index contributed by atoms with van der Waals surface area (Å²) in [5.74, 6) is 0. The maximum Gasteiger partial charge on any atom is 3.00 e. The van der Waals surface area contributed by atoms with Crippen LogP contribution in [0.2, 0.25) is 0 Å². The van der Waals surface area contributed by atoms with Crippen LogP contribution in [-0.4, -0.2) is 9.97 Å². The largest absolute Gasteiger partial charge is 3.00 e. The molecule has 1 aromatic carbocycles. The van der Waals surface area contributed by atoms with Crippen molar-refractivity contribution in [2.24, 2.45) is 0 Å². The summed E-state index contributed by atoms with van der Waals surface area (Å²) in [5.41, 5.74) is 1.95. The minimum absolute atomic E-state index is 0. The average molecular weight is 347 g/mol. The Hall–Kier alpha value is -0.713. The van der Waals surface area contributed by atoms with Crippen molar-refractivity contribution < 1.29 is 37.3 Å². The minimum Gasteiger partial charge on any atom is -0.254 e. The van der Waals surface area contributed by atoms with E-state index in [0.29, 0.717) is 0 Å². The minimum atomic E-state index is 0. The van der Waals surface area contributed by atoms with Gasteiger partial charge in [0.15, 0.2) is 0 Å². The number of aromatic nitrogens is 2. The Balaban J connectivity index is 0.000000853. The van der Waals surface area contributed by atoms with Crippen molar-refractivity contribution in [1.82, 2.24) is 9.97 Å². The van der Waals surface area contributed by atoms with Gasteiger partial charge in [-0.1, -0.05) is 24.3 Å². The maximum absolute atomic E-state index is 4.35. The van der Waals surface area contributed by atoms with E-state index in [1.165, 1.54) is 0 Å². The molecule has 0 aliphatic carbocycles. The molecule has 3 heteroatoms. The zero-order valence-electron chi connectivity index (χ0n) is 7.80. The molecule has 0 N–H and O–H groups in total. The van der Waals surface area contributed by atoms with Crippen molar-refractivity contribution >= 4 is 21.8 Å². The Kier molecular flexibility index (Phi) is 3.19. The Morgan fingerprint density at radius 2 is 1.13 bits per heavy atom. The standard InChI is InChI=1S/C12H8N2.Er/c1-3-9-5-6-10-4-2-8-14-12(10)11(9)13-7-1;/h1-8H;/q;+3. The van der Waals surface area contributed by atoms with Crippen LogP contribution in [-0.2, 0) is 0 Å². The molecule has 75 valence electrons. The summed E-state index contributed by atoms with van der Waals surface area (Å²) in [6.45, 7) is 0. The molecule has 0 amide bonds. The zero-order chi connectivity index (χ0) is 9.38. The molecular formula is C12H8ErN2+3. The van der Waals surface area contributed by atoms with Crippen LogP contribution < -0.4 is 0 Å². The summed E-state index contributed by atoms with van der Waals surface area (Å²) in [4.78, 5) is 8.69. The monoisotopic (exact) mass is 346 g/mol. The molecule has 1 radical (unpaired) electrons. The van der Waals surface area contributed by atoms with Crippen LogP contribution in [0.3, 0.4) is 0 Å². The second kappa shape index (κ2) is 4.43. The first kappa shape index (κ1) is 10.8. The van der Waals surface area contributed by atoms with E-state index < -0.39 is 0 Å². The van der Waals surface area contributed by atoms with Gasteiger partial charge >= 0.3 is 37.3 Å². The molecule has 0 saturated carbocycles. The fourth-order valence-electron chi connectivity index (χ4n) is 1.68. The fourth-order valence-corrected chi connectivity index (χ4v) is 1.68. The summed E-state index contributed by atoms with van der Waals surface area (Å²) < 4.78 is 0. The SMILES string of the molecule is [Er+3].c1cnc2c(c1)ccc1cccnc12. The smallest absolute Gasteiger partial charge is 0.254 e. The van der Waals surface area contributed by atoms with Gasteiger partial charge in [0.1, 0.15) is 0 Å². The van der Waals surface area contributed by atoms with Gasteiger partial charge in [0.25, 0.3) is 0 Å². The summed E-state index contributed by atoms with van der Waals surface area (Å²) >= 11 is 0. The van der Waals surface area contributed by atoms with Crippen LogP contribution in [0.1, 0.15) is 0 Å². The number of benzene rings is 1. The molecule has 2 nitrogen and oxygen atoms in total. The van der Waals surface area contributed by atoms with Crippen LogP contribution in [0.5, 0.6) is 0 Å². The van der Waals surface area contributed by atoms with Gasteiger partial charge in [-0.3, -0.25) is 9.97 Å². The van der Waals surface area contributed by atoms with Crippen molar-refractivity contribution in [2.45, 2.75) is 0 Å².